The van der Waals surface area contributed by atoms with Gasteiger partial charge in [0.2, 0.25) is 0 Å². The first-order valence-corrected chi connectivity index (χ1v) is 7.56. The molecule has 0 bridgehead atoms. The number of esters is 1. The van der Waals surface area contributed by atoms with E-state index >= 15 is 0 Å². The van der Waals surface area contributed by atoms with Gasteiger partial charge >= 0.3 is 5.97 Å². The second-order valence-electron chi connectivity index (χ2n) is 5.01. The fraction of sp³-hybridized carbons (Fsp3) is 0.0588. The second-order valence-corrected chi connectivity index (χ2v) is 6.06. The summed E-state index contributed by atoms with van der Waals surface area (Å²) in [5.74, 6) is -0.388. The summed E-state index contributed by atoms with van der Waals surface area (Å²) >= 11 is 1.46. The highest BCUT2D eigenvalue weighted by Gasteiger charge is 2.14. The third-order valence-electron chi connectivity index (χ3n) is 3.76. The number of hydrogen-bond donors (Lipinski definition) is 1. The van der Waals surface area contributed by atoms with Crippen LogP contribution in [0, 0.1) is 0 Å². The van der Waals surface area contributed by atoms with Crippen molar-refractivity contribution in [2.24, 2.45) is 0 Å². The van der Waals surface area contributed by atoms with Crippen LogP contribution in [-0.4, -0.2) is 18.1 Å². The van der Waals surface area contributed by atoms with Gasteiger partial charge in [-0.25, -0.2) is 4.79 Å². The Morgan fingerprint density at radius 1 is 1.14 bits per heavy atom. The van der Waals surface area contributed by atoms with Crippen LogP contribution in [0.15, 0.2) is 47.3 Å². The summed E-state index contributed by atoms with van der Waals surface area (Å²) in [6.07, 6.45) is 0. The molecule has 108 valence electrons. The molecule has 0 saturated heterocycles. The first kappa shape index (κ1) is 13.0. The number of carbonyl (C=O) groups excluding carboxylic acids is 1. The van der Waals surface area contributed by atoms with Gasteiger partial charge in [-0.05, 0) is 24.3 Å². The minimum absolute atomic E-state index is 0.102. The fourth-order valence-corrected chi connectivity index (χ4v) is 3.87. The number of aromatic amines is 1. The van der Waals surface area contributed by atoms with E-state index in [1.165, 1.54) is 18.4 Å². The fourth-order valence-electron chi connectivity index (χ4n) is 2.76. The largest absolute Gasteiger partial charge is 0.465 e. The van der Waals surface area contributed by atoms with Gasteiger partial charge in [-0.2, -0.15) is 0 Å². The molecule has 4 nitrogen and oxygen atoms in total. The minimum atomic E-state index is -0.388. The molecule has 1 N–H and O–H groups in total. The molecule has 2 aromatic heterocycles. The number of thiophene rings is 1. The molecule has 0 saturated carbocycles. The summed E-state index contributed by atoms with van der Waals surface area (Å²) in [7, 11) is 1.36. The maximum absolute atomic E-state index is 12.3. The first-order chi connectivity index (χ1) is 10.7. The average molecular weight is 309 g/mol. The van der Waals surface area contributed by atoms with Crippen molar-refractivity contribution >= 4 is 48.4 Å². The highest BCUT2D eigenvalue weighted by atomic mass is 32.1. The van der Waals surface area contributed by atoms with Crippen molar-refractivity contribution < 1.29 is 9.53 Å². The Morgan fingerprint density at radius 2 is 1.95 bits per heavy atom. The third kappa shape index (κ3) is 1.76. The van der Waals surface area contributed by atoms with E-state index in [2.05, 4.69) is 4.98 Å². The number of ether oxygens (including phenoxy) is 1. The Hall–Kier alpha value is -2.66. The lowest BCUT2D eigenvalue weighted by molar-refractivity contribution is 0.0601. The Balaban J connectivity index is 2.24. The summed E-state index contributed by atoms with van der Waals surface area (Å²) in [5, 5.41) is 2.78. The molecule has 5 heteroatoms. The van der Waals surface area contributed by atoms with Gasteiger partial charge in [0, 0.05) is 26.4 Å². The number of fused-ring (bicyclic) bond motifs is 5. The molecular weight excluding hydrogens is 298 g/mol. The smallest absolute Gasteiger partial charge is 0.337 e. The average Bonchev–Trinajstić information content (AvgIpc) is 2.94. The zero-order valence-corrected chi connectivity index (χ0v) is 12.5. The molecule has 0 radical (unpaired) electrons. The van der Waals surface area contributed by atoms with Crippen LogP contribution in [0.5, 0.6) is 0 Å². The normalized spacial score (nSPS) is 11.3. The van der Waals surface area contributed by atoms with Crippen molar-refractivity contribution in [3.63, 3.8) is 0 Å². The Morgan fingerprint density at radius 3 is 2.77 bits per heavy atom. The van der Waals surface area contributed by atoms with E-state index < -0.39 is 0 Å². The zero-order valence-electron chi connectivity index (χ0n) is 11.7. The summed E-state index contributed by atoms with van der Waals surface area (Å²) in [6.45, 7) is 0. The van der Waals surface area contributed by atoms with E-state index in [4.69, 9.17) is 4.74 Å². The van der Waals surface area contributed by atoms with E-state index in [9.17, 15) is 9.59 Å². The molecule has 0 aliphatic carbocycles. The molecule has 0 aliphatic rings. The van der Waals surface area contributed by atoms with E-state index in [1.807, 2.05) is 24.3 Å². The molecule has 2 aromatic carbocycles. The van der Waals surface area contributed by atoms with E-state index in [-0.39, 0.29) is 11.5 Å². The number of rotatable bonds is 1. The standard InChI is InChI=1S/C17H11NO3S/c1-21-17(20)9-6-7-12-11(8-9)14-10-4-2-3-5-13(10)22-15(14)16(19)18-12/h2-8H,1H3,(H,18,19). The number of benzene rings is 2. The zero-order chi connectivity index (χ0) is 15.3. The van der Waals surface area contributed by atoms with Crippen LogP contribution < -0.4 is 5.56 Å². The second kappa shape index (κ2) is 4.68. The van der Waals surface area contributed by atoms with Crippen molar-refractivity contribution in [1.29, 1.82) is 0 Å². The van der Waals surface area contributed by atoms with E-state index in [0.29, 0.717) is 15.8 Å². The van der Waals surface area contributed by atoms with Crippen molar-refractivity contribution in [1.82, 2.24) is 4.98 Å². The number of pyridine rings is 1. The number of nitrogens with one attached hydrogen (secondary N) is 1. The van der Waals surface area contributed by atoms with Crippen LogP contribution in [0.25, 0.3) is 31.1 Å². The topological polar surface area (TPSA) is 59.2 Å². The molecule has 0 aliphatic heterocycles. The molecule has 0 unspecified atom stereocenters. The molecule has 2 heterocycles. The van der Waals surface area contributed by atoms with Crippen LogP contribution in [0.1, 0.15) is 10.4 Å². The maximum atomic E-state index is 12.3. The van der Waals surface area contributed by atoms with Gasteiger partial charge in [0.05, 0.1) is 12.7 Å². The molecule has 0 amide bonds. The van der Waals surface area contributed by atoms with Crippen molar-refractivity contribution in [2.75, 3.05) is 7.11 Å². The van der Waals surface area contributed by atoms with Crippen molar-refractivity contribution in [2.45, 2.75) is 0 Å². The Kier molecular flexibility index (Phi) is 2.77. The lowest BCUT2D eigenvalue weighted by Gasteiger charge is -2.04. The van der Waals surface area contributed by atoms with Gasteiger partial charge in [0.15, 0.2) is 0 Å². The van der Waals surface area contributed by atoms with E-state index in [1.54, 1.807) is 18.2 Å². The van der Waals surface area contributed by atoms with Gasteiger partial charge in [0.25, 0.3) is 5.56 Å². The molecule has 0 fully saturated rings. The van der Waals surface area contributed by atoms with E-state index in [0.717, 1.165) is 20.9 Å². The number of carbonyl (C=O) groups is 1. The Labute approximate surface area is 129 Å². The molecular formula is C17H11NO3S. The van der Waals surface area contributed by atoms with Crippen LogP contribution in [0.2, 0.25) is 0 Å². The van der Waals surface area contributed by atoms with Crippen molar-refractivity contribution in [3.8, 4) is 0 Å². The van der Waals surface area contributed by atoms with Gasteiger partial charge in [-0.1, -0.05) is 18.2 Å². The first-order valence-electron chi connectivity index (χ1n) is 6.74. The minimum Gasteiger partial charge on any atom is -0.465 e. The Bertz CT molecular complexity index is 1110. The monoisotopic (exact) mass is 309 g/mol. The lowest BCUT2D eigenvalue weighted by Crippen LogP contribution is -2.06. The van der Waals surface area contributed by atoms with Crippen molar-refractivity contribution in [3.05, 3.63) is 58.4 Å². The molecule has 0 atom stereocenters. The highest BCUT2D eigenvalue weighted by Crippen LogP contribution is 2.35. The SMILES string of the molecule is COC(=O)c1ccc2[nH]c(=O)c3sc4ccccc4c3c2c1. The quantitative estimate of drug-likeness (QED) is 0.546. The number of methoxy groups -OCH3 is 1. The van der Waals surface area contributed by atoms with Crippen LogP contribution >= 0.6 is 11.3 Å². The van der Waals surface area contributed by atoms with Crippen LogP contribution in [-0.2, 0) is 4.74 Å². The summed E-state index contributed by atoms with van der Waals surface area (Å²) in [6, 6.07) is 13.1. The predicted molar refractivity (Wildman–Crippen MR) is 88.8 cm³/mol. The lowest BCUT2D eigenvalue weighted by atomic mass is 10.1. The molecule has 22 heavy (non-hydrogen) atoms. The molecule has 0 spiro atoms. The summed E-state index contributed by atoms with van der Waals surface area (Å²) < 4.78 is 6.51. The van der Waals surface area contributed by atoms with Gasteiger partial charge in [-0.3, -0.25) is 4.79 Å². The van der Waals surface area contributed by atoms with Gasteiger partial charge in [-0.15, -0.1) is 11.3 Å². The van der Waals surface area contributed by atoms with Crippen LogP contribution in [0.4, 0.5) is 0 Å². The number of H-pyrrole nitrogens is 1. The summed E-state index contributed by atoms with van der Waals surface area (Å²) in [5.41, 5.74) is 1.09. The maximum Gasteiger partial charge on any atom is 0.337 e. The molecule has 4 aromatic rings. The summed E-state index contributed by atoms with van der Waals surface area (Å²) in [4.78, 5) is 27.0. The number of hydrogen-bond acceptors (Lipinski definition) is 4. The molecule has 4 rings (SSSR count). The van der Waals surface area contributed by atoms with Gasteiger partial charge < -0.3 is 9.72 Å². The number of aromatic nitrogens is 1. The predicted octanol–water partition coefficient (Wildman–Crippen LogP) is 3.68. The highest BCUT2D eigenvalue weighted by molar-refractivity contribution is 7.25. The van der Waals surface area contributed by atoms with Crippen LogP contribution in [0.3, 0.4) is 0 Å². The van der Waals surface area contributed by atoms with Gasteiger partial charge in [0.1, 0.15) is 4.70 Å². The third-order valence-corrected chi connectivity index (χ3v) is 4.93.